The summed E-state index contributed by atoms with van der Waals surface area (Å²) in [7, 11) is 0. The van der Waals surface area contributed by atoms with Gasteiger partial charge in [-0.15, -0.1) is 0 Å². The number of nitrogens with two attached hydrogens (primary N) is 1. The van der Waals surface area contributed by atoms with E-state index in [1.165, 1.54) is 6.07 Å². The van der Waals surface area contributed by atoms with E-state index >= 15 is 0 Å². The number of rotatable bonds is 4. The highest BCUT2D eigenvalue weighted by Gasteiger charge is 2.33. The van der Waals surface area contributed by atoms with Gasteiger partial charge in [0.2, 0.25) is 0 Å². The zero-order chi connectivity index (χ0) is 23.8. The summed E-state index contributed by atoms with van der Waals surface area (Å²) in [4.78, 5) is 23.6. The zero-order valence-corrected chi connectivity index (χ0v) is 19.4. The molecular formula is C23H22BrF3N4O2. The number of amides is 1. The molecule has 1 fully saturated rings. The van der Waals surface area contributed by atoms with Crippen LogP contribution in [0.3, 0.4) is 0 Å². The van der Waals surface area contributed by atoms with Crippen molar-refractivity contribution in [3.63, 3.8) is 0 Å². The number of hydrogen-bond acceptors (Lipinski definition) is 5. The van der Waals surface area contributed by atoms with Crippen LogP contribution >= 0.6 is 15.9 Å². The fourth-order valence-corrected chi connectivity index (χ4v) is 4.33. The highest BCUT2D eigenvalue weighted by atomic mass is 79.9. The summed E-state index contributed by atoms with van der Waals surface area (Å²) >= 11 is 3.36. The van der Waals surface area contributed by atoms with Crippen molar-refractivity contribution in [1.82, 2.24) is 14.9 Å². The summed E-state index contributed by atoms with van der Waals surface area (Å²) < 4.78 is 44.9. The molecule has 0 spiro atoms. The second-order valence-corrected chi connectivity index (χ2v) is 8.99. The van der Waals surface area contributed by atoms with Crippen LogP contribution in [0.2, 0.25) is 0 Å². The lowest BCUT2D eigenvalue weighted by Crippen LogP contribution is -2.47. The van der Waals surface area contributed by atoms with E-state index in [1.807, 2.05) is 6.92 Å². The molecular weight excluding hydrogens is 501 g/mol. The minimum absolute atomic E-state index is 0.0632. The molecule has 3 aromatic rings. The van der Waals surface area contributed by atoms with Gasteiger partial charge in [0.05, 0.1) is 34.4 Å². The summed E-state index contributed by atoms with van der Waals surface area (Å²) in [5, 5.41) is 0.745. The Hall–Kier alpha value is -2.72. The van der Waals surface area contributed by atoms with Gasteiger partial charge in [-0.05, 0) is 58.7 Å². The average Bonchev–Trinajstić information content (AvgIpc) is 2.78. The normalized spacial score (nSPS) is 18.9. The van der Waals surface area contributed by atoms with E-state index in [0.29, 0.717) is 46.7 Å². The molecule has 0 radical (unpaired) electrons. The van der Waals surface area contributed by atoms with Gasteiger partial charge in [0.25, 0.3) is 5.91 Å². The highest BCUT2D eigenvalue weighted by molar-refractivity contribution is 9.10. The molecule has 33 heavy (non-hydrogen) atoms. The van der Waals surface area contributed by atoms with Crippen LogP contribution in [0, 0.1) is 5.92 Å². The van der Waals surface area contributed by atoms with Crippen molar-refractivity contribution in [1.29, 1.82) is 0 Å². The topological polar surface area (TPSA) is 81.3 Å². The van der Waals surface area contributed by atoms with Crippen molar-refractivity contribution < 1.29 is 22.7 Å². The molecule has 6 nitrogen and oxygen atoms in total. The van der Waals surface area contributed by atoms with Gasteiger partial charge in [-0.3, -0.25) is 9.78 Å². The Bertz CT molecular complexity index is 1170. The SMILES string of the molecule is C[C@H]1COCC[C@H]1N(Cc1ccc(C(F)(F)F)cn1)C(=O)c1ccc2nc(N)c(Br)cc2c1. The monoisotopic (exact) mass is 522 g/mol. The van der Waals surface area contributed by atoms with Crippen LogP contribution in [0.25, 0.3) is 10.9 Å². The first kappa shape index (κ1) is 23.4. The number of hydrogen-bond donors (Lipinski definition) is 1. The number of aromatic nitrogens is 2. The third-order valence-electron chi connectivity index (χ3n) is 5.78. The lowest BCUT2D eigenvalue weighted by Gasteiger charge is -2.38. The first-order chi connectivity index (χ1) is 15.6. The predicted molar refractivity (Wildman–Crippen MR) is 121 cm³/mol. The number of carbonyl (C=O) groups is 1. The molecule has 1 aliphatic heterocycles. The third kappa shape index (κ3) is 5.11. The Labute approximate surface area is 197 Å². The first-order valence-corrected chi connectivity index (χ1v) is 11.2. The van der Waals surface area contributed by atoms with Gasteiger partial charge < -0.3 is 15.4 Å². The molecule has 0 saturated carbocycles. The maximum Gasteiger partial charge on any atom is 0.417 e. The first-order valence-electron chi connectivity index (χ1n) is 10.4. The molecule has 2 aromatic heterocycles. The Morgan fingerprint density at radius 1 is 1.27 bits per heavy atom. The zero-order valence-electron chi connectivity index (χ0n) is 17.8. The van der Waals surface area contributed by atoms with Crippen LogP contribution in [-0.4, -0.2) is 40.0 Å². The van der Waals surface area contributed by atoms with E-state index in [-0.39, 0.29) is 24.4 Å². The Kier molecular flexibility index (Phi) is 6.58. The van der Waals surface area contributed by atoms with E-state index < -0.39 is 11.7 Å². The van der Waals surface area contributed by atoms with Crippen molar-refractivity contribution in [2.45, 2.75) is 32.1 Å². The number of ether oxygens (including phenoxy) is 1. The van der Waals surface area contributed by atoms with Crippen molar-refractivity contribution in [3.8, 4) is 0 Å². The van der Waals surface area contributed by atoms with E-state index in [9.17, 15) is 18.0 Å². The van der Waals surface area contributed by atoms with Crippen molar-refractivity contribution in [2.24, 2.45) is 5.92 Å². The standard InChI is InChI=1S/C23H22BrF3N4O2/c1-13-12-33-7-6-20(13)31(11-17-4-3-16(10-29-17)23(25,26)27)22(32)14-2-5-19-15(8-14)9-18(24)21(28)30-19/h2-5,8-10,13,20H,6-7,11-12H2,1H3,(H2,28,30)/t13-,20+/m0/s1. The number of carbonyl (C=O) groups excluding carboxylic acids is 1. The molecule has 1 amide bonds. The number of alkyl halides is 3. The van der Waals surface area contributed by atoms with Crippen LogP contribution in [0.1, 0.15) is 35.0 Å². The maximum absolute atomic E-state index is 13.6. The van der Waals surface area contributed by atoms with Gasteiger partial charge in [0.15, 0.2) is 0 Å². The molecule has 1 aliphatic rings. The van der Waals surface area contributed by atoms with E-state index in [1.54, 1.807) is 29.2 Å². The quantitative estimate of drug-likeness (QED) is 0.517. The molecule has 10 heteroatoms. The number of nitrogen functional groups attached to an aromatic ring is 1. The lowest BCUT2D eigenvalue weighted by molar-refractivity contribution is -0.137. The fraction of sp³-hybridized carbons (Fsp3) is 0.348. The molecule has 0 bridgehead atoms. The number of benzene rings is 1. The molecule has 4 rings (SSSR count). The van der Waals surface area contributed by atoms with Crippen molar-refractivity contribution in [3.05, 3.63) is 63.9 Å². The molecule has 2 N–H and O–H groups in total. The second-order valence-electron chi connectivity index (χ2n) is 8.14. The van der Waals surface area contributed by atoms with E-state index in [4.69, 9.17) is 10.5 Å². The van der Waals surface area contributed by atoms with Crippen LogP contribution in [0.15, 0.2) is 47.1 Å². The summed E-state index contributed by atoms with van der Waals surface area (Å²) in [5.74, 6) is 0.186. The molecule has 1 saturated heterocycles. The lowest BCUT2D eigenvalue weighted by atomic mass is 9.95. The summed E-state index contributed by atoms with van der Waals surface area (Å²) in [6.45, 7) is 3.10. The minimum Gasteiger partial charge on any atom is -0.383 e. The third-order valence-corrected chi connectivity index (χ3v) is 6.42. The molecule has 0 aliphatic carbocycles. The fourth-order valence-electron chi connectivity index (χ4n) is 4.00. The minimum atomic E-state index is -4.47. The second kappa shape index (κ2) is 9.26. The average molecular weight is 523 g/mol. The van der Waals surface area contributed by atoms with Crippen LogP contribution < -0.4 is 5.73 Å². The molecule has 2 atom stereocenters. The summed E-state index contributed by atoms with van der Waals surface area (Å²) in [6, 6.07) is 9.12. The maximum atomic E-state index is 13.6. The Balaban J connectivity index is 1.67. The largest absolute Gasteiger partial charge is 0.417 e. The number of anilines is 1. The Morgan fingerprint density at radius 2 is 2.06 bits per heavy atom. The number of nitrogens with zero attached hydrogens (tertiary/aromatic N) is 3. The van der Waals surface area contributed by atoms with Crippen LogP contribution in [0.5, 0.6) is 0 Å². The highest BCUT2D eigenvalue weighted by Crippen LogP contribution is 2.30. The van der Waals surface area contributed by atoms with Gasteiger partial charge in [-0.25, -0.2) is 4.98 Å². The number of pyridine rings is 2. The molecule has 174 valence electrons. The Morgan fingerprint density at radius 3 is 2.73 bits per heavy atom. The summed E-state index contributed by atoms with van der Waals surface area (Å²) in [6.07, 6.45) is -3.03. The van der Waals surface area contributed by atoms with Gasteiger partial charge in [-0.1, -0.05) is 6.92 Å². The van der Waals surface area contributed by atoms with E-state index in [0.717, 1.165) is 17.6 Å². The van der Waals surface area contributed by atoms with Gasteiger partial charge >= 0.3 is 6.18 Å². The van der Waals surface area contributed by atoms with Crippen molar-refractivity contribution in [2.75, 3.05) is 18.9 Å². The van der Waals surface area contributed by atoms with Crippen LogP contribution in [0.4, 0.5) is 19.0 Å². The molecule has 3 heterocycles. The molecule has 0 unspecified atom stereocenters. The van der Waals surface area contributed by atoms with Gasteiger partial charge in [0, 0.05) is 35.7 Å². The summed E-state index contributed by atoms with van der Waals surface area (Å²) in [5.41, 5.74) is 6.51. The smallest absolute Gasteiger partial charge is 0.383 e. The number of halogens is 4. The van der Waals surface area contributed by atoms with Gasteiger partial charge in [0.1, 0.15) is 5.82 Å². The molecule has 1 aromatic carbocycles. The van der Waals surface area contributed by atoms with Gasteiger partial charge in [-0.2, -0.15) is 13.2 Å². The van der Waals surface area contributed by atoms with E-state index in [2.05, 4.69) is 25.9 Å². The van der Waals surface area contributed by atoms with Crippen LogP contribution in [-0.2, 0) is 17.5 Å². The van der Waals surface area contributed by atoms with Crippen molar-refractivity contribution >= 4 is 38.6 Å². The predicted octanol–water partition coefficient (Wildman–Crippen LogP) is 5.06. The number of fused-ring (bicyclic) bond motifs is 1.